The van der Waals surface area contributed by atoms with E-state index in [0.717, 1.165) is 28.5 Å². The van der Waals surface area contributed by atoms with E-state index in [0.29, 0.717) is 0 Å². The van der Waals surface area contributed by atoms with Crippen LogP contribution in [-0.4, -0.2) is 22.6 Å². The number of carbonyl (C=O) groups excluding carboxylic acids is 1. The van der Waals surface area contributed by atoms with Gasteiger partial charge in [0.2, 0.25) is 0 Å². The zero-order valence-electron chi connectivity index (χ0n) is 12.0. The maximum absolute atomic E-state index is 10.7. The summed E-state index contributed by atoms with van der Waals surface area (Å²) in [6.07, 6.45) is 5.58. The standard InChI is InChI=1S/C18H16N2O2/c21-11-5-10-20-18(17-9-4-2-7-15(17)13-22)16-8-3-1-6-14(16)12-19-20/h1-12,18,22H,13H2/b10-5+. The molecule has 0 aliphatic carbocycles. The Morgan fingerprint density at radius 1 is 1.09 bits per heavy atom. The van der Waals surface area contributed by atoms with E-state index in [1.54, 1.807) is 17.4 Å². The number of allylic oxidation sites excluding steroid dienone is 1. The number of aliphatic hydroxyl groups excluding tert-OH is 1. The van der Waals surface area contributed by atoms with Crippen LogP contribution in [0, 0.1) is 0 Å². The first-order valence-corrected chi connectivity index (χ1v) is 7.07. The van der Waals surface area contributed by atoms with E-state index in [-0.39, 0.29) is 12.6 Å². The summed E-state index contributed by atoms with van der Waals surface area (Å²) in [7, 11) is 0. The summed E-state index contributed by atoms with van der Waals surface area (Å²) in [5.74, 6) is 0. The van der Waals surface area contributed by atoms with Gasteiger partial charge in [-0.25, -0.2) is 0 Å². The number of rotatable bonds is 4. The molecule has 110 valence electrons. The second-order valence-corrected chi connectivity index (χ2v) is 4.99. The van der Waals surface area contributed by atoms with Crippen molar-refractivity contribution in [3.05, 3.63) is 83.1 Å². The van der Waals surface area contributed by atoms with E-state index in [9.17, 15) is 9.90 Å². The van der Waals surface area contributed by atoms with Crippen molar-refractivity contribution < 1.29 is 9.90 Å². The number of aldehydes is 1. The molecule has 2 aromatic rings. The van der Waals surface area contributed by atoms with E-state index >= 15 is 0 Å². The van der Waals surface area contributed by atoms with E-state index < -0.39 is 0 Å². The summed E-state index contributed by atoms with van der Waals surface area (Å²) in [6, 6.07) is 15.6. The van der Waals surface area contributed by atoms with Crippen molar-refractivity contribution in [3.8, 4) is 0 Å². The van der Waals surface area contributed by atoms with Crippen LogP contribution in [-0.2, 0) is 11.4 Å². The van der Waals surface area contributed by atoms with Gasteiger partial charge < -0.3 is 5.11 Å². The van der Waals surface area contributed by atoms with Crippen molar-refractivity contribution in [2.24, 2.45) is 5.10 Å². The Balaban J connectivity index is 2.16. The van der Waals surface area contributed by atoms with Gasteiger partial charge in [-0.3, -0.25) is 9.80 Å². The monoisotopic (exact) mass is 292 g/mol. The number of fused-ring (bicyclic) bond motifs is 1. The lowest BCUT2D eigenvalue weighted by Crippen LogP contribution is -2.25. The summed E-state index contributed by atoms with van der Waals surface area (Å²) in [5.41, 5.74) is 3.96. The van der Waals surface area contributed by atoms with E-state index in [1.165, 1.54) is 6.08 Å². The van der Waals surface area contributed by atoms with E-state index in [1.807, 2.05) is 48.5 Å². The van der Waals surface area contributed by atoms with Gasteiger partial charge in [0.25, 0.3) is 0 Å². The summed E-state index contributed by atoms with van der Waals surface area (Å²) in [6.45, 7) is -0.0379. The summed E-state index contributed by atoms with van der Waals surface area (Å²) in [5, 5.41) is 15.8. The van der Waals surface area contributed by atoms with Gasteiger partial charge in [-0.15, -0.1) is 0 Å². The van der Waals surface area contributed by atoms with Crippen molar-refractivity contribution in [2.75, 3.05) is 0 Å². The molecular weight excluding hydrogens is 276 g/mol. The molecule has 0 bridgehead atoms. The topological polar surface area (TPSA) is 52.9 Å². The second-order valence-electron chi connectivity index (χ2n) is 4.99. The number of hydrazone groups is 1. The number of nitrogens with zero attached hydrogens (tertiary/aromatic N) is 2. The van der Waals surface area contributed by atoms with Crippen molar-refractivity contribution in [2.45, 2.75) is 12.6 Å². The van der Waals surface area contributed by atoms with Crippen molar-refractivity contribution in [3.63, 3.8) is 0 Å². The Hall–Kier alpha value is -2.72. The molecule has 0 amide bonds. The SMILES string of the molecule is O=C/C=C/N1N=Cc2ccccc2C1c1ccccc1CO. The highest BCUT2D eigenvalue weighted by Gasteiger charge is 2.26. The molecule has 0 spiro atoms. The lowest BCUT2D eigenvalue weighted by Gasteiger charge is -2.32. The second kappa shape index (κ2) is 6.37. The molecule has 4 nitrogen and oxygen atoms in total. The van der Waals surface area contributed by atoms with Gasteiger partial charge in [0.1, 0.15) is 12.3 Å². The van der Waals surface area contributed by atoms with E-state index in [2.05, 4.69) is 5.10 Å². The molecule has 0 aromatic heterocycles. The molecule has 1 unspecified atom stereocenters. The molecule has 1 N–H and O–H groups in total. The Morgan fingerprint density at radius 3 is 2.59 bits per heavy atom. The average Bonchev–Trinajstić information content (AvgIpc) is 2.59. The highest BCUT2D eigenvalue weighted by Crippen LogP contribution is 2.35. The zero-order chi connectivity index (χ0) is 15.4. The van der Waals surface area contributed by atoms with Crippen LogP contribution >= 0.6 is 0 Å². The molecular formula is C18H16N2O2. The van der Waals surface area contributed by atoms with Crippen LogP contribution < -0.4 is 0 Å². The number of hydrogen-bond donors (Lipinski definition) is 1. The zero-order valence-corrected chi connectivity index (χ0v) is 12.0. The minimum atomic E-state index is -0.166. The summed E-state index contributed by atoms with van der Waals surface area (Å²) < 4.78 is 0. The first-order valence-electron chi connectivity index (χ1n) is 7.07. The molecule has 3 rings (SSSR count). The quantitative estimate of drug-likeness (QED) is 0.696. The van der Waals surface area contributed by atoms with E-state index in [4.69, 9.17) is 0 Å². The number of carbonyl (C=O) groups is 1. The Bertz CT molecular complexity index is 737. The maximum Gasteiger partial charge on any atom is 0.144 e. The third-order valence-electron chi connectivity index (χ3n) is 3.72. The van der Waals surface area contributed by atoms with Gasteiger partial charge in [0, 0.05) is 11.8 Å². The van der Waals surface area contributed by atoms with Crippen LogP contribution in [0.2, 0.25) is 0 Å². The highest BCUT2D eigenvalue weighted by atomic mass is 16.3. The molecule has 0 fully saturated rings. The van der Waals surface area contributed by atoms with Gasteiger partial charge in [0.05, 0.1) is 12.8 Å². The van der Waals surface area contributed by atoms with Crippen LogP contribution in [0.4, 0.5) is 0 Å². The first-order chi connectivity index (χ1) is 10.8. The highest BCUT2D eigenvalue weighted by molar-refractivity contribution is 5.83. The van der Waals surface area contributed by atoms with Crippen LogP contribution in [0.3, 0.4) is 0 Å². The van der Waals surface area contributed by atoms with Gasteiger partial charge in [-0.05, 0) is 22.8 Å². The van der Waals surface area contributed by atoms with Crippen LogP contribution in [0.25, 0.3) is 0 Å². The normalized spacial score (nSPS) is 16.8. The number of hydrogen-bond acceptors (Lipinski definition) is 4. The molecule has 1 heterocycles. The average molecular weight is 292 g/mol. The Kier molecular flexibility index (Phi) is 4.12. The van der Waals surface area contributed by atoms with Gasteiger partial charge in [0.15, 0.2) is 0 Å². The smallest absolute Gasteiger partial charge is 0.144 e. The number of aliphatic hydroxyl groups is 1. The third kappa shape index (κ3) is 2.56. The minimum absolute atomic E-state index is 0.0379. The molecule has 1 aliphatic rings. The van der Waals surface area contributed by atoms with Crippen LogP contribution in [0.15, 0.2) is 65.9 Å². The third-order valence-corrected chi connectivity index (χ3v) is 3.72. The van der Waals surface area contributed by atoms with Gasteiger partial charge in [-0.2, -0.15) is 5.10 Å². The summed E-state index contributed by atoms with van der Waals surface area (Å²) in [4.78, 5) is 10.7. The molecule has 0 radical (unpaired) electrons. The maximum atomic E-state index is 10.7. The van der Waals surface area contributed by atoms with Crippen LogP contribution in [0.5, 0.6) is 0 Å². The van der Waals surface area contributed by atoms with Crippen molar-refractivity contribution in [1.82, 2.24) is 5.01 Å². The lowest BCUT2D eigenvalue weighted by molar-refractivity contribution is -0.104. The van der Waals surface area contributed by atoms with Crippen molar-refractivity contribution in [1.29, 1.82) is 0 Å². The van der Waals surface area contributed by atoms with Crippen LogP contribution in [0.1, 0.15) is 28.3 Å². The number of benzene rings is 2. The van der Waals surface area contributed by atoms with Gasteiger partial charge in [-0.1, -0.05) is 48.5 Å². The molecule has 0 saturated heterocycles. The Labute approximate surface area is 129 Å². The molecule has 1 aliphatic heterocycles. The fourth-order valence-electron chi connectivity index (χ4n) is 2.72. The molecule has 0 saturated carbocycles. The molecule has 1 atom stereocenters. The fourth-order valence-corrected chi connectivity index (χ4v) is 2.72. The molecule has 2 aromatic carbocycles. The van der Waals surface area contributed by atoms with Gasteiger partial charge >= 0.3 is 0 Å². The first kappa shape index (κ1) is 14.2. The predicted octanol–water partition coefficient (Wildman–Crippen LogP) is 2.63. The molecule has 22 heavy (non-hydrogen) atoms. The van der Waals surface area contributed by atoms with Crippen molar-refractivity contribution >= 4 is 12.5 Å². The lowest BCUT2D eigenvalue weighted by atomic mass is 9.90. The molecule has 4 heteroatoms. The Morgan fingerprint density at radius 2 is 1.82 bits per heavy atom. The fraction of sp³-hybridized carbons (Fsp3) is 0.111. The predicted molar refractivity (Wildman–Crippen MR) is 85.3 cm³/mol. The minimum Gasteiger partial charge on any atom is -0.392 e. The summed E-state index contributed by atoms with van der Waals surface area (Å²) >= 11 is 0. The largest absolute Gasteiger partial charge is 0.392 e.